The van der Waals surface area contributed by atoms with E-state index < -0.39 is 23.6 Å². The number of benzene rings is 6. The Balaban J connectivity index is 1.45. The molecule has 10 rings (SSSR count). The second-order valence-corrected chi connectivity index (χ2v) is 17.2. The molecule has 2 aliphatic heterocycles. The van der Waals surface area contributed by atoms with E-state index in [0.717, 1.165) is 44.1 Å². The predicted molar refractivity (Wildman–Crippen MR) is 234 cm³/mol. The van der Waals surface area contributed by atoms with Crippen LogP contribution in [0.15, 0.2) is 84.9 Å². The molecule has 4 heterocycles. The number of rotatable bonds is 6. The van der Waals surface area contributed by atoms with Gasteiger partial charge in [0.25, 0.3) is 23.6 Å². The molecule has 6 aromatic carbocycles. The fraction of sp³-hybridized carbons (Fsp3) is 0.240. The zero-order valence-electron chi connectivity index (χ0n) is 33.9. The van der Waals surface area contributed by atoms with Crippen molar-refractivity contribution in [3.8, 4) is 0 Å². The first-order valence-electron chi connectivity index (χ1n) is 20.3. The van der Waals surface area contributed by atoms with Crippen molar-refractivity contribution in [3.05, 3.63) is 129 Å². The molecule has 2 N–H and O–H groups in total. The minimum atomic E-state index is -0.490. The number of anilines is 2. The normalized spacial score (nSPS) is 14.6. The monoisotopic (exact) mass is 764 g/mol. The van der Waals surface area contributed by atoms with Crippen molar-refractivity contribution >= 4 is 89.4 Å². The number of aromatic nitrogens is 2. The van der Waals surface area contributed by atoms with E-state index in [4.69, 9.17) is 0 Å². The van der Waals surface area contributed by atoms with E-state index in [1.165, 1.54) is 9.80 Å². The van der Waals surface area contributed by atoms with Crippen molar-refractivity contribution in [2.45, 2.75) is 79.1 Å². The van der Waals surface area contributed by atoms with Gasteiger partial charge in [0.2, 0.25) is 0 Å². The molecule has 2 aromatic heterocycles. The standard InChI is InChI=1S/C50H44N4O4/c1-23(2)27-17-13-18-28(24(3)4)45(27)53-47(55)39-35-31-15-9-11-21-33(31)52-44(35)42-38-37(39)41(49(53)57)43-36(32-16-10-12-22-34(32)51-43)40(38)48(56)54(50(42)58)46-29(25(5)6)19-14-20-30(46)26(7)8/h9-26,51-52H,1-8H3. The number of para-hydroxylation sites is 4. The first kappa shape index (κ1) is 35.8. The van der Waals surface area contributed by atoms with Crippen LogP contribution in [0.1, 0.15) is 143 Å². The van der Waals surface area contributed by atoms with Crippen molar-refractivity contribution in [2.24, 2.45) is 0 Å². The third-order valence-corrected chi connectivity index (χ3v) is 12.5. The molecule has 0 spiro atoms. The van der Waals surface area contributed by atoms with Crippen LogP contribution in [0.5, 0.6) is 0 Å². The lowest BCUT2D eigenvalue weighted by atomic mass is 9.80. The highest BCUT2D eigenvalue weighted by Crippen LogP contribution is 2.52. The SMILES string of the molecule is CC(C)c1cccc(C(C)C)c1N1C(=O)c2c3[nH]c4ccccc4c3c3c4c(c5[nH]c6ccccc6c5c(c24)C1=O)C(=O)N(c1c(C(C)C)cccc1C(C)C)C3=O. The number of nitrogens with zero attached hydrogens (tertiary/aromatic N) is 2. The molecule has 0 atom stereocenters. The molecule has 0 saturated carbocycles. The summed E-state index contributed by atoms with van der Waals surface area (Å²) in [6, 6.07) is 27.4. The third-order valence-electron chi connectivity index (χ3n) is 12.5. The number of amides is 4. The lowest BCUT2D eigenvalue weighted by Gasteiger charge is -2.36. The van der Waals surface area contributed by atoms with Crippen LogP contribution in [0.3, 0.4) is 0 Å². The summed E-state index contributed by atoms with van der Waals surface area (Å²) < 4.78 is 0. The maximum atomic E-state index is 15.7. The molecule has 0 radical (unpaired) electrons. The summed E-state index contributed by atoms with van der Waals surface area (Å²) >= 11 is 0. The van der Waals surface area contributed by atoms with Gasteiger partial charge in [0.05, 0.1) is 44.7 Å². The molecule has 0 saturated heterocycles. The fourth-order valence-corrected chi connectivity index (χ4v) is 9.86. The van der Waals surface area contributed by atoms with E-state index >= 15 is 19.2 Å². The van der Waals surface area contributed by atoms with E-state index in [1.807, 2.05) is 84.9 Å². The summed E-state index contributed by atoms with van der Waals surface area (Å²) in [6.07, 6.45) is 0. The summed E-state index contributed by atoms with van der Waals surface area (Å²) in [7, 11) is 0. The van der Waals surface area contributed by atoms with Crippen molar-refractivity contribution in [3.63, 3.8) is 0 Å². The van der Waals surface area contributed by atoms with Crippen LogP contribution >= 0.6 is 0 Å². The van der Waals surface area contributed by atoms with Gasteiger partial charge in [-0.15, -0.1) is 0 Å². The van der Waals surface area contributed by atoms with E-state index in [2.05, 4.69) is 65.4 Å². The Morgan fingerprint density at radius 3 is 1.02 bits per heavy atom. The third kappa shape index (κ3) is 4.57. The van der Waals surface area contributed by atoms with Crippen molar-refractivity contribution in [1.82, 2.24) is 9.97 Å². The average molecular weight is 765 g/mol. The van der Waals surface area contributed by atoms with Crippen LogP contribution in [0, 0.1) is 0 Å². The first-order chi connectivity index (χ1) is 27.8. The Morgan fingerprint density at radius 2 is 0.690 bits per heavy atom. The van der Waals surface area contributed by atoms with E-state index in [9.17, 15) is 0 Å². The van der Waals surface area contributed by atoms with Gasteiger partial charge in [-0.2, -0.15) is 0 Å². The number of aromatic amines is 2. The van der Waals surface area contributed by atoms with Crippen LogP contribution in [0.2, 0.25) is 0 Å². The summed E-state index contributed by atoms with van der Waals surface area (Å²) in [5.74, 6) is -1.95. The van der Waals surface area contributed by atoms with Crippen LogP contribution in [0.25, 0.3) is 54.4 Å². The highest BCUT2D eigenvalue weighted by atomic mass is 16.2. The maximum absolute atomic E-state index is 15.7. The number of hydrogen-bond donors (Lipinski definition) is 2. The van der Waals surface area contributed by atoms with E-state index in [1.54, 1.807) is 0 Å². The van der Waals surface area contributed by atoms with Crippen LogP contribution in [0.4, 0.5) is 11.4 Å². The van der Waals surface area contributed by atoms with Crippen LogP contribution in [-0.4, -0.2) is 33.6 Å². The minimum Gasteiger partial charge on any atom is -0.354 e. The molecule has 0 bridgehead atoms. The molecular weight excluding hydrogens is 721 g/mol. The first-order valence-corrected chi connectivity index (χ1v) is 20.3. The van der Waals surface area contributed by atoms with Gasteiger partial charge in [0, 0.05) is 43.4 Å². The van der Waals surface area contributed by atoms with Gasteiger partial charge in [-0.25, -0.2) is 9.80 Å². The maximum Gasteiger partial charge on any atom is 0.268 e. The van der Waals surface area contributed by atoms with Gasteiger partial charge < -0.3 is 9.97 Å². The molecular formula is C50H44N4O4. The van der Waals surface area contributed by atoms with E-state index in [0.29, 0.717) is 55.1 Å². The Labute approximate surface area is 335 Å². The highest BCUT2D eigenvalue weighted by Gasteiger charge is 2.47. The summed E-state index contributed by atoms with van der Waals surface area (Å²) in [4.78, 5) is 72.8. The zero-order valence-corrected chi connectivity index (χ0v) is 33.9. The summed E-state index contributed by atoms with van der Waals surface area (Å²) in [5.41, 5.74) is 8.28. The Hall–Kier alpha value is -6.54. The molecule has 8 heteroatoms. The lowest BCUT2D eigenvalue weighted by Crippen LogP contribution is -2.45. The Kier molecular flexibility index (Phi) is 7.71. The lowest BCUT2D eigenvalue weighted by molar-refractivity contribution is 0.0875. The Bertz CT molecular complexity index is 2910. The quantitative estimate of drug-likeness (QED) is 0.164. The van der Waals surface area contributed by atoms with Gasteiger partial charge in [-0.3, -0.25) is 19.2 Å². The van der Waals surface area contributed by atoms with Gasteiger partial charge in [-0.1, -0.05) is 128 Å². The number of imide groups is 2. The van der Waals surface area contributed by atoms with Gasteiger partial charge in [0.1, 0.15) is 0 Å². The molecule has 0 aliphatic carbocycles. The number of fused-ring (bicyclic) bond motifs is 10. The number of H-pyrrole nitrogens is 2. The zero-order chi connectivity index (χ0) is 40.6. The molecule has 4 amide bonds. The van der Waals surface area contributed by atoms with Gasteiger partial charge >= 0.3 is 0 Å². The molecule has 8 aromatic rings. The largest absolute Gasteiger partial charge is 0.354 e. The number of carbonyl (C=O) groups excluding carboxylic acids is 4. The minimum absolute atomic E-state index is 0.00191. The van der Waals surface area contributed by atoms with Crippen LogP contribution in [-0.2, 0) is 0 Å². The highest BCUT2D eigenvalue weighted by molar-refractivity contribution is 6.51. The van der Waals surface area contributed by atoms with Crippen molar-refractivity contribution in [2.75, 3.05) is 9.80 Å². The van der Waals surface area contributed by atoms with Gasteiger partial charge in [-0.05, 0) is 58.1 Å². The molecule has 0 fully saturated rings. The predicted octanol–water partition coefficient (Wildman–Crippen LogP) is 12.2. The Morgan fingerprint density at radius 1 is 0.379 bits per heavy atom. The summed E-state index contributed by atoms with van der Waals surface area (Å²) in [6.45, 7) is 16.6. The molecule has 0 unspecified atom stereocenters. The van der Waals surface area contributed by atoms with Crippen molar-refractivity contribution in [1.29, 1.82) is 0 Å². The van der Waals surface area contributed by atoms with Crippen molar-refractivity contribution < 1.29 is 19.2 Å². The topological polar surface area (TPSA) is 106 Å². The molecule has 58 heavy (non-hydrogen) atoms. The number of hydrogen-bond acceptors (Lipinski definition) is 4. The molecule has 2 aliphatic rings. The second-order valence-electron chi connectivity index (χ2n) is 17.2. The van der Waals surface area contributed by atoms with Gasteiger partial charge in [0.15, 0.2) is 0 Å². The van der Waals surface area contributed by atoms with Crippen LogP contribution < -0.4 is 9.80 Å². The second kappa shape index (κ2) is 12.5. The smallest absolute Gasteiger partial charge is 0.268 e. The van der Waals surface area contributed by atoms with E-state index in [-0.39, 0.29) is 34.8 Å². The summed E-state index contributed by atoms with van der Waals surface area (Å²) in [5, 5.41) is 3.29. The number of nitrogens with one attached hydrogen (secondary N) is 2. The fourth-order valence-electron chi connectivity index (χ4n) is 9.86. The molecule has 8 nitrogen and oxygen atoms in total. The number of carbonyl (C=O) groups is 4. The average Bonchev–Trinajstić information content (AvgIpc) is 3.77. The molecule has 288 valence electrons.